The summed E-state index contributed by atoms with van der Waals surface area (Å²) in [6.45, 7) is 1.91. The molecule has 1 aromatic heterocycles. The summed E-state index contributed by atoms with van der Waals surface area (Å²) in [5.41, 5.74) is 0. The highest BCUT2D eigenvalue weighted by Gasteiger charge is 2.15. The van der Waals surface area contributed by atoms with Gasteiger partial charge in [0.05, 0.1) is 6.42 Å². The van der Waals surface area contributed by atoms with Gasteiger partial charge in [0.15, 0.2) is 5.76 Å². The average Bonchev–Trinajstić information content (AvgIpc) is 2.65. The van der Waals surface area contributed by atoms with Gasteiger partial charge in [0.25, 0.3) is 5.91 Å². The number of carboxylic acids is 1. The molecule has 1 unspecified atom stereocenters. The molecule has 0 saturated heterocycles. The molecular weight excluding hydrogens is 226 g/mol. The van der Waals surface area contributed by atoms with Gasteiger partial charge in [-0.1, -0.05) is 0 Å². The zero-order valence-corrected chi connectivity index (χ0v) is 9.73. The molecule has 0 aliphatic carbocycles. The maximum absolute atomic E-state index is 11.6. The maximum Gasteiger partial charge on any atom is 0.305 e. The number of aliphatic carboxylic acids is 1. The van der Waals surface area contributed by atoms with Crippen molar-refractivity contribution in [1.82, 2.24) is 5.32 Å². The van der Waals surface area contributed by atoms with Gasteiger partial charge in [0, 0.05) is 13.2 Å². The molecule has 0 aliphatic rings. The molecule has 0 fully saturated rings. The lowest BCUT2D eigenvalue weighted by atomic mass is 10.2. The number of hydrogen-bond donors (Lipinski definition) is 2. The van der Waals surface area contributed by atoms with Crippen molar-refractivity contribution in [2.45, 2.75) is 26.0 Å². The highest BCUT2D eigenvalue weighted by Crippen LogP contribution is 2.09. The van der Waals surface area contributed by atoms with Crippen LogP contribution in [0.1, 0.15) is 29.7 Å². The fourth-order valence-electron chi connectivity index (χ4n) is 1.33. The van der Waals surface area contributed by atoms with Crippen molar-refractivity contribution in [2.75, 3.05) is 7.11 Å². The van der Waals surface area contributed by atoms with Crippen LogP contribution >= 0.6 is 0 Å². The van der Waals surface area contributed by atoms with Crippen LogP contribution in [0.25, 0.3) is 0 Å². The number of carbonyl (C=O) groups is 2. The molecule has 0 radical (unpaired) electrons. The highest BCUT2D eigenvalue weighted by molar-refractivity contribution is 5.91. The molecule has 0 spiro atoms. The predicted molar refractivity (Wildman–Crippen MR) is 58.6 cm³/mol. The number of methoxy groups -OCH3 is 1. The Hall–Kier alpha value is -1.82. The van der Waals surface area contributed by atoms with E-state index < -0.39 is 17.9 Å². The van der Waals surface area contributed by atoms with E-state index in [1.54, 1.807) is 13.0 Å². The van der Waals surface area contributed by atoms with Crippen molar-refractivity contribution in [3.8, 4) is 0 Å². The number of carboxylic acid groups (broad SMARTS) is 1. The number of hydrogen-bond acceptors (Lipinski definition) is 4. The van der Waals surface area contributed by atoms with Crippen LogP contribution in [0.5, 0.6) is 0 Å². The lowest BCUT2D eigenvalue weighted by molar-refractivity contribution is -0.137. The smallest absolute Gasteiger partial charge is 0.305 e. The monoisotopic (exact) mass is 241 g/mol. The minimum absolute atomic E-state index is 0.128. The summed E-state index contributed by atoms with van der Waals surface area (Å²) < 4.78 is 10.1. The normalized spacial score (nSPS) is 12.1. The molecule has 6 nitrogen and oxygen atoms in total. The second-order valence-corrected chi connectivity index (χ2v) is 3.67. The molecule has 1 atom stereocenters. The van der Waals surface area contributed by atoms with Crippen LogP contribution in [-0.2, 0) is 16.1 Å². The van der Waals surface area contributed by atoms with Crippen LogP contribution in [0.4, 0.5) is 0 Å². The molecule has 0 saturated carbocycles. The molecule has 1 aromatic rings. The molecule has 0 aromatic carbocycles. The zero-order chi connectivity index (χ0) is 12.8. The zero-order valence-electron chi connectivity index (χ0n) is 9.73. The van der Waals surface area contributed by atoms with E-state index in [9.17, 15) is 9.59 Å². The molecule has 2 N–H and O–H groups in total. The summed E-state index contributed by atoms with van der Waals surface area (Å²) in [4.78, 5) is 22.0. The Bertz CT molecular complexity index is 398. The summed E-state index contributed by atoms with van der Waals surface area (Å²) in [5.74, 6) is -0.698. The molecule has 6 heteroatoms. The van der Waals surface area contributed by atoms with E-state index >= 15 is 0 Å². The molecule has 0 bridgehead atoms. The van der Waals surface area contributed by atoms with E-state index in [0.717, 1.165) is 0 Å². The third kappa shape index (κ3) is 4.28. The third-order valence-electron chi connectivity index (χ3n) is 2.03. The van der Waals surface area contributed by atoms with E-state index in [2.05, 4.69) is 5.32 Å². The van der Waals surface area contributed by atoms with Crippen molar-refractivity contribution >= 4 is 11.9 Å². The molecule has 0 aliphatic heterocycles. The third-order valence-corrected chi connectivity index (χ3v) is 2.03. The SMILES string of the molecule is COCc1ccc(C(=O)NC(C)CC(=O)O)o1. The standard InChI is InChI=1S/C11H15NO5/c1-7(5-10(13)14)12-11(15)9-4-3-8(17-9)6-16-2/h3-4,7H,5-6H2,1-2H3,(H,12,15)(H,13,14). The summed E-state index contributed by atoms with van der Waals surface area (Å²) >= 11 is 0. The molecule has 1 heterocycles. The molecule has 17 heavy (non-hydrogen) atoms. The van der Waals surface area contributed by atoms with E-state index in [4.69, 9.17) is 14.3 Å². The first-order valence-corrected chi connectivity index (χ1v) is 5.13. The van der Waals surface area contributed by atoms with Gasteiger partial charge in [0.1, 0.15) is 12.4 Å². The lowest BCUT2D eigenvalue weighted by Gasteiger charge is -2.09. The van der Waals surface area contributed by atoms with Crippen LogP contribution in [0.2, 0.25) is 0 Å². The van der Waals surface area contributed by atoms with Crippen LogP contribution in [0.15, 0.2) is 16.5 Å². The number of nitrogens with one attached hydrogen (secondary N) is 1. The number of ether oxygens (including phenoxy) is 1. The van der Waals surface area contributed by atoms with Crippen molar-refractivity contribution in [2.24, 2.45) is 0 Å². The molecular formula is C11H15NO5. The van der Waals surface area contributed by atoms with Gasteiger partial charge < -0.3 is 19.6 Å². The largest absolute Gasteiger partial charge is 0.481 e. The first-order valence-electron chi connectivity index (χ1n) is 5.13. The maximum atomic E-state index is 11.6. The Morgan fingerprint density at radius 3 is 2.82 bits per heavy atom. The molecule has 1 amide bonds. The summed E-state index contributed by atoms with van der Waals surface area (Å²) in [7, 11) is 1.52. The Labute approximate surface area is 98.6 Å². The first kappa shape index (κ1) is 13.2. The van der Waals surface area contributed by atoms with Crippen LogP contribution in [0, 0.1) is 0 Å². The second-order valence-electron chi connectivity index (χ2n) is 3.67. The summed E-state index contributed by atoms with van der Waals surface area (Å²) in [5, 5.41) is 11.1. The Morgan fingerprint density at radius 2 is 2.24 bits per heavy atom. The summed E-state index contributed by atoms with van der Waals surface area (Å²) in [6.07, 6.45) is -0.128. The Balaban J connectivity index is 2.54. The first-order chi connectivity index (χ1) is 8.02. The van der Waals surface area contributed by atoms with E-state index in [1.807, 2.05) is 0 Å². The van der Waals surface area contributed by atoms with Gasteiger partial charge >= 0.3 is 5.97 Å². The van der Waals surface area contributed by atoms with Crippen molar-refractivity contribution < 1.29 is 23.8 Å². The van der Waals surface area contributed by atoms with Crippen LogP contribution in [0.3, 0.4) is 0 Å². The molecule has 94 valence electrons. The number of furan rings is 1. The fourth-order valence-corrected chi connectivity index (χ4v) is 1.33. The van der Waals surface area contributed by atoms with E-state index in [-0.39, 0.29) is 18.8 Å². The number of rotatable bonds is 6. The quantitative estimate of drug-likeness (QED) is 0.776. The molecule has 1 rings (SSSR count). The van der Waals surface area contributed by atoms with Crippen molar-refractivity contribution in [3.63, 3.8) is 0 Å². The predicted octanol–water partition coefficient (Wildman–Crippen LogP) is 1.02. The van der Waals surface area contributed by atoms with Crippen LogP contribution in [-0.4, -0.2) is 30.1 Å². The minimum atomic E-state index is -0.961. The van der Waals surface area contributed by atoms with Gasteiger partial charge in [-0.15, -0.1) is 0 Å². The number of carbonyl (C=O) groups excluding carboxylic acids is 1. The van der Waals surface area contributed by atoms with Gasteiger partial charge in [-0.3, -0.25) is 9.59 Å². The fraction of sp³-hybridized carbons (Fsp3) is 0.455. The van der Waals surface area contributed by atoms with Gasteiger partial charge in [0.2, 0.25) is 0 Å². The van der Waals surface area contributed by atoms with Gasteiger partial charge in [-0.25, -0.2) is 0 Å². The van der Waals surface area contributed by atoms with Gasteiger partial charge in [-0.05, 0) is 19.1 Å². The summed E-state index contributed by atoms with van der Waals surface area (Å²) in [6, 6.07) is 2.72. The lowest BCUT2D eigenvalue weighted by Crippen LogP contribution is -2.33. The minimum Gasteiger partial charge on any atom is -0.481 e. The van der Waals surface area contributed by atoms with E-state index in [1.165, 1.54) is 13.2 Å². The highest BCUT2D eigenvalue weighted by atomic mass is 16.5. The average molecular weight is 241 g/mol. The van der Waals surface area contributed by atoms with Crippen LogP contribution < -0.4 is 5.32 Å². The van der Waals surface area contributed by atoms with E-state index in [0.29, 0.717) is 5.76 Å². The van der Waals surface area contributed by atoms with Crippen molar-refractivity contribution in [3.05, 3.63) is 23.7 Å². The Morgan fingerprint density at radius 1 is 1.53 bits per heavy atom. The number of amides is 1. The topological polar surface area (TPSA) is 88.8 Å². The second kappa shape index (κ2) is 6.05. The van der Waals surface area contributed by atoms with Gasteiger partial charge in [-0.2, -0.15) is 0 Å². The van der Waals surface area contributed by atoms with Crippen molar-refractivity contribution in [1.29, 1.82) is 0 Å². The Kier molecular flexibility index (Phi) is 4.71.